The Kier molecular flexibility index (Phi) is 5.46. The summed E-state index contributed by atoms with van der Waals surface area (Å²) in [5.41, 5.74) is 0.647. The van der Waals surface area contributed by atoms with Gasteiger partial charge >= 0.3 is 0 Å². The highest BCUT2D eigenvalue weighted by atomic mass is 32.2. The van der Waals surface area contributed by atoms with Crippen LogP contribution in [0.2, 0.25) is 0 Å². The number of thioether (sulfide) groups is 1. The van der Waals surface area contributed by atoms with E-state index in [0.717, 1.165) is 16.7 Å². The van der Waals surface area contributed by atoms with Gasteiger partial charge in [-0.1, -0.05) is 23.9 Å². The molecule has 138 valence electrons. The number of carbonyl (C=O) groups is 4. The smallest absolute Gasteiger partial charge is 0.288 e. The van der Waals surface area contributed by atoms with Gasteiger partial charge in [0, 0.05) is 26.1 Å². The summed E-state index contributed by atoms with van der Waals surface area (Å²) in [5.74, 6) is 0.0917. The third kappa shape index (κ3) is 3.82. The molecule has 2 aliphatic heterocycles. The molecule has 1 aromatic rings. The molecule has 0 saturated carbocycles. The van der Waals surface area contributed by atoms with E-state index in [1.807, 2.05) is 6.07 Å². The number of hydrogen-bond acceptors (Lipinski definition) is 6. The molecule has 1 unspecified atom stereocenters. The number of carbonyl (C=O) groups excluding carboxylic acids is 4. The number of hydrogen-bond donors (Lipinski definition) is 1. The van der Waals surface area contributed by atoms with Crippen molar-refractivity contribution in [3.8, 4) is 5.75 Å². The zero-order valence-electron chi connectivity index (χ0n) is 14.3. The van der Waals surface area contributed by atoms with Crippen molar-refractivity contribution in [2.45, 2.75) is 19.4 Å². The molecule has 3 rings (SSSR count). The van der Waals surface area contributed by atoms with Gasteiger partial charge in [0.25, 0.3) is 11.1 Å². The second-order valence-corrected chi connectivity index (χ2v) is 6.84. The number of rotatable bonds is 6. The molecular weight excluding hydrogens is 358 g/mol. The first-order chi connectivity index (χ1) is 12.5. The summed E-state index contributed by atoms with van der Waals surface area (Å²) in [6.45, 7) is 2.26. The van der Waals surface area contributed by atoms with Gasteiger partial charge in [-0.05, 0) is 19.1 Å². The first kappa shape index (κ1) is 18.2. The Morgan fingerprint density at radius 3 is 2.73 bits per heavy atom. The fourth-order valence-electron chi connectivity index (χ4n) is 2.80. The van der Waals surface area contributed by atoms with Crippen molar-refractivity contribution in [1.82, 2.24) is 10.2 Å². The van der Waals surface area contributed by atoms with E-state index in [-0.39, 0.29) is 54.8 Å². The van der Waals surface area contributed by atoms with Crippen LogP contribution in [0.5, 0.6) is 5.75 Å². The molecule has 9 heteroatoms. The summed E-state index contributed by atoms with van der Waals surface area (Å²) in [4.78, 5) is 50.0. The molecule has 8 nitrogen and oxygen atoms in total. The predicted octanol–water partition coefficient (Wildman–Crippen LogP) is 1.00. The quantitative estimate of drug-likeness (QED) is 0.795. The minimum Gasteiger partial charge on any atom is -0.479 e. The summed E-state index contributed by atoms with van der Waals surface area (Å²) in [7, 11) is 0. The second kappa shape index (κ2) is 7.77. The van der Waals surface area contributed by atoms with Gasteiger partial charge in [0.2, 0.25) is 11.8 Å². The van der Waals surface area contributed by atoms with Gasteiger partial charge in [-0.15, -0.1) is 0 Å². The Balaban J connectivity index is 1.50. The van der Waals surface area contributed by atoms with Crippen LogP contribution in [0.1, 0.15) is 13.3 Å². The van der Waals surface area contributed by atoms with Crippen molar-refractivity contribution in [3.05, 3.63) is 24.3 Å². The van der Waals surface area contributed by atoms with Crippen molar-refractivity contribution in [2.24, 2.45) is 0 Å². The minimum atomic E-state index is -0.599. The first-order valence-corrected chi connectivity index (χ1v) is 9.27. The van der Waals surface area contributed by atoms with Gasteiger partial charge in [0.15, 0.2) is 6.10 Å². The SMILES string of the molecule is CC1Oc2ccccc2N(CCC(=O)NCCN2C(=O)CSC2=O)C1=O. The summed E-state index contributed by atoms with van der Waals surface area (Å²) in [6.07, 6.45) is -0.485. The number of nitrogens with zero attached hydrogens (tertiary/aromatic N) is 2. The van der Waals surface area contributed by atoms with Crippen LogP contribution in [0.25, 0.3) is 0 Å². The minimum absolute atomic E-state index is 0.115. The summed E-state index contributed by atoms with van der Waals surface area (Å²) in [5, 5.41) is 2.39. The molecule has 4 amide bonds. The van der Waals surface area contributed by atoms with Crippen LogP contribution in [0, 0.1) is 0 Å². The molecule has 2 aliphatic rings. The Hall–Kier alpha value is -2.55. The average Bonchev–Trinajstić information content (AvgIpc) is 2.94. The summed E-state index contributed by atoms with van der Waals surface area (Å²) in [6, 6.07) is 7.19. The van der Waals surface area contributed by atoms with Gasteiger partial charge in [-0.25, -0.2) is 0 Å². The van der Waals surface area contributed by atoms with Crippen molar-refractivity contribution in [3.63, 3.8) is 0 Å². The lowest BCUT2D eigenvalue weighted by Crippen LogP contribution is -2.46. The number of nitrogens with one attached hydrogen (secondary N) is 1. The largest absolute Gasteiger partial charge is 0.479 e. The molecule has 1 atom stereocenters. The lowest BCUT2D eigenvalue weighted by molar-refractivity contribution is -0.126. The van der Waals surface area contributed by atoms with E-state index in [2.05, 4.69) is 5.32 Å². The second-order valence-electron chi connectivity index (χ2n) is 5.92. The third-order valence-corrected chi connectivity index (χ3v) is 4.99. The lowest BCUT2D eigenvalue weighted by atomic mass is 10.1. The van der Waals surface area contributed by atoms with Crippen LogP contribution in [-0.4, -0.2) is 59.4 Å². The van der Waals surface area contributed by atoms with E-state index in [9.17, 15) is 19.2 Å². The molecular formula is C17H19N3O5S. The van der Waals surface area contributed by atoms with Crippen LogP contribution in [0.3, 0.4) is 0 Å². The molecule has 1 saturated heterocycles. The number of amides is 4. The molecule has 2 heterocycles. The van der Waals surface area contributed by atoms with Crippen LogP contribution < -0.4 is 15.0 Å². The Bertz CT molecular complexity index is 738. The number of anilines is 1. The van der Waals surface area contributed by atoms with Gasteiger partial charge < -0.3 is 15.0 Å². The number of fused-ring (bicyclic) bond motifs is 1. The number of para-hydroxylation sites is 2. The fraction of sp³-hybridized carbons (Fsp3) is 0.412. The van der Waals surface area contributed by atoms with Gasteiger partial charge in [0.1, 0.15) is 5.75 Å². The van der Waals surface area contributed by atoms with Crippen molar-refractivity contribution < 1.29 is 23.9 Å². The molecule has 0 radical (unpaired) electrons. The first-order valence-electron chi connectivity index (χ1n) is 8.28. The monoisotopic (exact) mass is 377 g/mol. The zero-order chi connectivity index (χ0) is 18.7. The van der Waals surface area contributed by atoms with Crippen molar-refractivity contribution in [2.75, 3.05) is 30.3 Å². The molecule has 0 aromatic heterocycles. The van der Waals surface area contributed by atoms with Crippen LogP contribution in [0.15, 0.2) is 24.3 Å². The van der Waals surface area contributed by atoms with Gasteiger partial charge in [-0.2, -0.15) is 0 Å². The lowest BCUT2D eigenvalue weighted by Gasteiger charge is -2.32. The third-order valence-electron chi connectivity index (χ3n) is 4.13. The molecule has 0 bridgehead atoms. The molecule has 26 heavy (non-hydrogen) atoms. The van der Waals surface area contributed by atoms with E-state index in [4.69, 9.17) is 4.74 Å². The van der Waals surface area contributed by atoms with Crippen LogP contribution >= 0.6 is 11.8 Å². The Labute approximate surface area is 154 Å². The standard InChI is InChI=1S/C17H19N3O5S/c1-11-16(23)19(12-4-2-3-5-13(12)25-11)8-6-14(21)18-7-9-20-15(22)10-26-17(20)24/h2-5,11H,6-10H2,1H3,(H,18,21). The maximum Gasteiger partial charge on any atom is 0.288 e. The molecule has 1 N–H and O–H groups in total. The topological polar surface area (TPSA) is 96.0 Å². The molecule has 0 aliphatic carbocycles. The fourth-order valence-corrected chi connectivity index (χ4v) is 3.55. The Morgan fingerprint density at radius 2 is 2.00 bits per heavy atom. The van der Waals surface area contributed by atoms with Crippen LogP contribution in [-0.2, 0) is 14.4 Å². The highest BCUT2D eigenvalue weighted by Crippen LogP contribution is 2.33. The maximum absolute atomic E-state index is 12.3. The van der Waals surface area contributed by atoms with Gasteiger partial charge in [-0.3, -0.25) is 24.1 Å². The number of ether oxygens (including phenoxy) is 1. The summed E-state index contributed by atoms with van der Waals surface area (Å²) < 4.78 is 5.56. The van der Waals surface area contributed by atoms with Crippen LogP contribution in [0.4, 0.5) is 10.5 Å². The van der Waals surface area contributed by atoms with E-state index in [0.29, 0.717) is 11.4 Å². The van der Waals surface area contributed by atoms with E-state index in [1.165, 1.54) is 0 Å². The van der Waals surface area contributed by atoms with E-state index >= 15 is 0 Å². The molecule has 1 fully saturated rings. The summed E-state index contributed by atoms with van der Waals surface area (Å²) >= 11 is 0.964. The van der Waals surface area contributed by atoms with Crippen molar-refractivity contribution >= 4 is 40.4 Å². The van der Waals surface area contributed by atoms with Crippen molar-refractivity contribution in [1.29, 1.82) is 0 Å². The maximum atomic E-state index is 12.3. The number of benzene rings is 1. The Morgan fingerprint density at radius 1 is 1.23 bits per heavy atom. The highest BCUT2D eigenvalue weighted by Gasteiger charge is 2.31. The van der Waals surface area contributed by atoms with E-state index < -0.39 is 6.10 Å². The highest BCUT2D eigenvalue weighted by molar-refractivity contribution is 8.14. The number of imide groups is 1. The normalized spacial score (nSPS) is 19.4. The predicted molar refractivity (Wildman–Crippen MR) is 96.1 cm³/mol. The van der Waals surface area contributed by atoms with E-state index in [1.54, 1.807) is 30.0 Å². The molecule has 0 spiro atoms. The zero-order valence-corrected chi connectivity index (χ0v) is 15.1. The average molecular weight is 377 g/mol. The molecule has 1 aromatic carbocycles. The van der Waals surface area contributed by atoms with Gasteiger partial charge in [0.05, 0.1) is 11.4 Å².